The number of hydrogen-bond acceptors (Lipinski definition) is 4. The van der Waals surface area contributed by atoms with Crippen molar-refractivity contribution in [2.24, 2.45) is 0 Å². The zero-order chi connectivity index (χ0) is 20.8. The number of para-hydroxylation sites is 1. The largest absolute Gasteiger partial charge is 0.454 e. The fraction of sp³-hybridized carbons (Fsp3) is 0.0769. The molecule has 4 aromatic rings. The average Bonchev–Trinajstić information content (AvgIpc) is 3.22. The number of fused-ring (bicyclic) bond motifs is 4. The molecular weight excluding hydrogens is 388 g/mol. The third-order valence-corrected chi connectivity index (χ3v) is 5.67. The summed E-state index contributed by atoms with van der Waals surface area (Å²) in [4.78, 5) is 17.7. The van der Waals surface area contributed by atoms with Crippen LogP contribution in [0.25, 0.3) is 33.6 Å². The van der Waals surface area contributed by atoms with Crippen LogP contribution in [0.2, 0.25) is 0 Å². The van der Waals surface area contributed by atoms with Gasteiger partial charge in [-0.3, -0.25) is 4.79 Å². The second-order valence-electron chi connectivity index (χ2n) is 7.59. The maximum absolute atomic E-state index is 12.7. The lowest BCUT2D eigenvalue weighted by atomic mass is 9.92. The molecule has 1 N–H and O–H groups in total. The van der Waals surface area contributed by atoms with Gasteiger partial charge in [-0.2, -0.15) is 0 Å². The Hall–Kier alpha value is -4.12. The van der Waals surface area contributed by atoms with Gasteiger partial charge in [0, 0.05) is 11.1 Å². The van der Waals surface area contributed by atoms with Crippen LogP contribution in [0, 0.1) is 0 Å². The molecule has 0 radical (unpaired) electrons. The standard InChI is InChI=1S/C26H18N2O3/c29-25-14-20-19(16-6-2-1-3-7-16)13-22(17-10-11-23-24(12-17)31-15-30-23)28-26(20)18-8-4-5-9-21(18)27-25/h1-13H,14-15H2,(H,27,29). The maximum atomic E-state index is 12.7. The molecular formula is C26H18N2O3. The first-order valence-electron chi connectivity index (χ1n) is 10.1. The number of rotatable bonds is 2. The van der Waals surface area contributed by atoms with Crippen molar-refractivity contribution in [3.8, 4) is 45.1 Å². The van der Waals surface area contributed by atoms with Crippen LogP contribution in [0.3, 0.4) is 0 Å². The van der Waals surface area contributed by atoms with Crippen molar-refractivity contribution in [3.05, 3.63) is 84.4 Å². The number of amides is 1. The molecule has 0 unspecified atom stereocenters. The number of nitrogens with zero attached hydrogens (tertiary/aromatic N) is 1. The number of nitrogens with one attached hydrogen (secondary N) is 1. The van der Waals surface area contributed by atoms with E-state index < -0.39 is 0 Å². The zero-order valence-electron chi connectivity index (χ0n) is 16.6. The molecule has 150 valence electrons. The lowest BCUT2D eigenvalue weighted by Gasteiger charge is -2.15. The van der Waals surface area contributed by atoms with E-state index in [4.69, 9.17) is 14.5 Å². The van der Waals surface area contributed by atoms with E-state index in [9.17, 15) is 4.79 Å². The van der Waals surface area contributed by atoms with E-state index in [-0.39, 0.29) is 19.1 Å². The number of benzene rings is 3. The van der Waals surface area contributed by atoms with Gasteiger partial charge in [-0.15, -0.1) is 0 Å². The number of carbonyl (C=O) groups excluding carboxylic acids is 1. The molecule has 31 heavy (non-hydrogen) atoms. The number of aromatic nitrogens is 1. The molecule has 0 aliphatic carbocycles. The van der Waals surface area contributed by atoms with Crippen LogP contribution in [0.5, 0.6) is 11.5 Å². The first-order valence-corrected chi connectivity index (χ1v) is 10.1. The molecule has 2 aliphatic rings. The molecule has 1 aromatic heterocycles. The Bertz CT molecular complexity index is 1330. The minimum absolute atomic E-state index is 0.0407. The van der Waals surface area contributed by atoms with Gasteiger partial charge in [0.25, 0.3) is 0 Å². The molecule has 3 heterocycles. The fourth-order valence-electron chi connectivity index (χ4n) is 4.21. The van der Waals surface area contributed by atoms with Crippen LogP contribution in [-0.2, 0) is 11.2 Å². The Morgan fingerprint density at radius 1 is 0.774 bits per heavy atom. The van der Waals surface area contributed by atoms with E-state index >= 15 is 0 Å². The molecule has 5 heteroatoms. The summed E-state index contributed by atoms with van der Waals surface area (Å²) in [5.41, 5.74) is 7.26. The smallest absolute Gasteiger partial charge is 0.231 e. The van der Waals surface area contributed by atoms with Gasteiger partial charge in [0.15, 0.2) is 11.5 Å². The predicted octanol–water partition coefficient (Wildman–Crippen LogP) is 5.31. The van der Waals surface area contributed by atoms with Crippen LogP contribution >= 0.6 is 0 Å². The molecule has 0 spiro atoms. The van der Waals surface area contributed by atoms with Crippen molar-refractivity contribution >= 4 is 11.6 Å². The highest BCUT2D eigenvalue weighted by Gasteiger charge is 2.24. The molecule has 5 nitrogen and oxygen atoms in total. The van der Waals surface area contributed by atoms with Crippen molar-refractivity contribution in [1.82, 2.24) is 4.98 Å². The highest BCUT2D eigenvalue weighted by molar-refractivity contribution is 6.02. The summed E-state index contributed by atoms with van der Waals surface area (Å²) >= 11 is 0. The Morgan fingerprint density at radius 3 is 2.48 bits per heavy atom. The third kappa shape index (κ3) is 3.02. The molecule has 2 aliphatic heterocycles. The van der Waals surface area contributed by atoms with Crippen molar-refractivity contribution in [2.45, 2.75) is 6.42 Å². The molecule has 0 bridgehead atoms. The van der Waals surface area contributed by atoms with Crippen molar-refractivity contribution < 1.29 is 14.3 Å². The van der Waals surface area contributed by atoms with Gasteiger partial charge < -0.3 is 14.8 Å². The van der Waals surface area contributed by atoms with Gasteiger partial charge >= 0.3 is 0 Å². The SMILES string of the molecule is O=C1Cc2c(-c3ccccc3)cc(-c3ccc4c(c3)OCO4)nc2-c2ccccc2N1. The van der Waals surface area contributed by atoms with E-state index in [0.717, 1.165) is 50.6 Å². The average molecular weight is 406 g/mol. The molecule has 3 aromatic carbocycles. The summed E-state index contributed by atoms with van der Waals surface area (Å²) in [6, 6.07) is 25.9. The van der Waals surface area contributed by atoms with Crippen LogP contribution < -0.4 is 14.8 Å². The van der Waals surface area contributed by atoms with Gasteiger partial charge in [0.2, 0.25) is 12.7 Å². The first-order chi connectivity index (χ1) is 15.3. The van der Waals surface area contributed by atoms with Gasteiger partial charge in [-0.05, 0) is 47.0 Å². The quantitative estimate of drug-likeness (QED) is 0.490. The number of ether oxygens (including phenoxy) is 2. The summed E-state index contributed by atoms with van der Waals surface area (Å²) in [6.07, 6.45) is 0.267. The summed E-state index contributed by atoms with van der Waals surface area (Å²) in [6.45, 7) is 0.229. The van der Waals surface area contributed by atoms with Gasteiger partial charge in [-0.1, -0.05) is 48.5 Å². The Labute approximate surface area is 179 Å². The monoisotopic (exact) mass is 406 g/mol. The summed E-state index contributed by atoms with van der Waals surface area (Å²) in [5.74, 6) is 1.41. The maximum Gasteiger partial charge on any atom is 0.231 e. The van der Waals surface area contributed by atoms with Crippen LogP contribution in [0.15, 0.2) is 78.9 Å². The van der Waals surface area contributed by atoms with E-state index in [2.05, 4.69) is 23.5 Å². The van der Waals surface area contributed by atoms with Crippen LogP contribution in [-0.4, -0.2) is 17.7 Å². The molecule has 0 fully saturated rings. The minimum atomic E-state index is -0.0407. The van der Waals surface area contributed by atoms with E-state index in [0.29, 0.717) is 5.75 Å². The zero-order valence-corrected chi connectivity index (χ0v) is 16.6. The van der Waals surface area contributed by atoms with Crippen molar-refractivity contribution in [1.29, 1.82) is 0 Å². The van der Waals surface area contributed by atoms with E-state index in [1.165, 1.54) is 0 Å². The summed E-state index contributed by atoms with van der Waals surface area (Å²) in [7, 11) is 0. The van der Waals surface area contributed by atoms with Crippen LogP contribution in [0.4, 0.5) is 5.69 Å². The molecule has 0 saturated heterocycles. The van der Waals surface area contributed by atoms with Crippen LogP contribution in [0.1, 0.15) is 5.56 Å². The van der Waals surface area contributed by atoms with Crippen molar-refractivity contribution in [2.75, 3.05) is 12.1 Å². The topological polar surface area (TPSA) is 60.5 Å². The normalized spacial score (nSPS) is 13.7. The second kappa shape index (κ2) is 6.99. The third-order valence-electron chi connectivity index (χ3n) is 5.67. The number of hydrogen-bond donors (Lipinski definition) is 1. The predicted molar refractivity (Wildman–Crippen MR) is 119 cm³/mol. The number of anilines is 1. The Balaban J connectivity index is 1.64. The minimum Gasteiger partial charge on any atom is -0.454 e. The summed E-state index contributed by atoms with van der Waals surface area (Å²) in [5, 5.41) is 3.03. The van der Waals surface area contributed by atoms with E-state index in [1.807, 2.05) is 60.7 Å². The van der Waals surface area contributed by atoms with Crippen molar-refractivity contribution in [3.63, 3.8) is 0 Å². The van der Waals surface area contributed by atoms with Gasteiger partial charge in [0.05, 0.1) is 23.5 Å². The number of carbonyl (C=O) groups is 1. The Morgan fingerprint density at radius 2 is 1.58 bits per heavy atom. The first kappa shape index (κ1) is 17.7. The Kier molecular flexibility index (Phi) is 3.99. The number of pyridine rings is 1. The summed E-state index contributed by atoms with van der Waals surface area (Å²) < 4.78 is 11.0. The fourth-order valence-corrected chi connectivity index (χ4v) is 4.21. The van der Waals surface area contributed by atoms with Gasteiger partial charge in [0.1, 0.15) is 0 Å². The lowest BCUT2D eigenvalue weighted by molar-refractivity contribution is -0.115. The van der Waals surface area contributed by atoms with Gasteiger partial charge in [-0.25, -0.2) is 4.98 Å². The molecule has 6 rings (SSSR count). The molecule has 0 atom stereocenters. The molecule has 0 saturated carbocycles. The highest BCUT2D eigenvalue weighted by atomic mass is 16.7. The second-order valence-corrected chi connectivity index (χ2v) is 7.59. The van der Waals surface area contributed by atoms with E-state index in [1.54, 1.807) is 0 Å². The molecule has 1 amide bonds. The highest BCUT2D eigenvalue weighted by Crippen LogP contribution is 2.41. The lowest BCUT2D eigenvalue weighted by Crippen LogP contribution is -2.13.